The Morgan fingerprint density at radius 1 is 0.734 bits per heavy atom. The molecule has 16 nitrogen and oxygen atoms in total. The number of piperidine rings is 2. The molecule has 0 bridgehead atoms. The van der Waals surface area contributed by atoms with Crippen molar-refractivity contribution < 1.29 is 57.5 Å². The highest BCUT2D eigenvalue weighted by molar-refractivity contribution is 6.33. The molecule has 18 heteroatoms. The van der Waals surface area contributed by atoms with E-state index in [2.05, 4.69) is 0 Å². The Morgan fingerprint density at radius 2 is 1.27 bits per heavy atom. The number of phenolic OH excluding ortho intramolecular Hbond substituents is 1. The molecule has 6 aromatic rings. The van der Waals surface area contributed by atoms with E-state index in [9.17, 15) is 34.5 Å². The summed E-state index contributed by atoms with van der Waals surface area (Å²) in [5, 5.41) is 36.2. The number of hydrogen-bond donors (Lipinski definition) is 3. The third-order valence-electron chi connectivity index (χ3n) is 11.3. The van der Waals surface area contributed by atoms with Crippen LogP contribution in [0.3, 0.4) is 0 Å². The predicted molar refractivity (Wildman–Crippen MR) is 235 cm³/mol. The third-order valence-corrected chi connectivity index (χ3v) is 12.0. The van der Waals surface area contributed by atoms with Gasteiger partial charge in [-0.15, -0.1) is 5.06 Å². The second-order valence-corrected chi connectivity index (χ2v) is 16.2. The number of rotatable bonds is 9. The maximum Gasteiger partial charge on any atom is 0.513 e. The van der Waals surface area contributed by atoms with E-state index >= 15 is 0 Å². The Hall–Kier alpha value is -6.14. The van der Waals surface area contributed by atoms with Crippen molar-refractivity contribution >= 4 is 57.5 Å². The highest BCUT2D eigenvalue weighted by Crippen LogP contribution is 2.47. The molecule has 0 radical (unpaired) electrons. The largest absolute Gasteiger partial charge is 0.513 e. The van der Waals surface area contributed by atoms with Gasteiger partial charge in [0.25, 0.3) is 0 Å². The molecule has 4 aromatic carbocycles. The molecule has 0 spiro atoms. The Morgan fingerprint density at radius 3 is 1.83 bits per heavy atom. The van der Waals surface area contributed by atoms with Crippen molar-refractivity contribution in [2.45, 2.75) is 43.8 Å². The zero-order valence-corrected chi connectivity index (χ0v) is 36.2. The van der Waals surface area contributed by atoms with Gasteiger partial charge in [0.05, 0.1) is 42.5 Å². The molecule has 334 valence electrons. The first kappa shape index (κ1) is 44.5. The van der Waals surface area contributed by atoms with Gasteiger partial charge in [-0.1, -0.05) is 47.5 Å². The molecule has 0 aliphatic carbocycles. The molecule has 2 aromatic heterocycles. The summed E-state index contributed by atoms with van der Waals surface area (Å²) in [5.41, 5.74) is -0.244. The fourth-order valence-electron chi connectivity index (χ4n) is 8.40. The predicted octanol–water partition coefficient (Wildman–Crippen LogP) is 7.85. The van der Waals surface area contributed by atoms with Crippen molar-refractivity contribution in [2.75, 3.05) is 46.9 Å². The van der Waals surface area contributed by atoms with Crippen molar-refractivity contribution in [3.63, 3.8) is 0 Å². The molecule has 0 saturated carbocycles. The number of likely N-dealkylation sites (tertiary alicyclic amines) is 1. The number of fused-ring (bicyclic) bond motifs is 2. The molecule has 3 N–H and O–H groups in total. The number of aromatic hydroxyl groups is 1. The minimum Gasteiger partial charge on any atom is -0.507 e. The number of aliphatic hydroxyl groups is 2. The number of aliphatic hydroxyl groups excluding tert-OH is 2. The molecule has 4 atom stereocenters. The first-order chi connectivity index (χ1) is 30.8. The molecule has 2 aliphatic heterocycles. The van der Waals surface area contributed by atoms with E-state index in [1.807, 2.05) is 11.9 Å². The number of hydroxylamine groups is 2. The summed E-state index contributed by atoms with van der Waals surface area (Å²) < 4.78 is 34.0. The number of carbonyl (C=O) groups is 2. The van der Waals surface area contributed by atoms with Gasteiger partial charge in [0.15, 0.2) is 16.6 Å². The number of benzene rings is 4. The number of ether oxygens (including phenoxy) is 4. The number of likely N-dealkylation sites (N-methyl/N-ethyl adjacent to an activating group) is 1. The van der Waals surface area contributed by atoms with E-state index in [4.69, 9.17) is 55.8 Å². The van der Waals surface area contributed by atoms with E-state index in [0.29, 0.717) is 29.1 Å². The van der Waals surface area contributed by atoms with E-state index < -0.39 is 53.0 Å². The van der Waals surface area contributed by atoms with Crippen LogP contribution in [0.1, 0.15) is 42.7 Å². The summed E-state index contributed by atoms with van der Waals surface area (Å²) in [5.74, 6) is -2.40. The highest BCUT2D eigenvalue weighted by Gasteiger charge is 2.38. The second-order valence-electron chi connectivity index (χ2n) is 15.4. The summed E-state index contributed by atoms with van der Waals surface area (Å²) >= 11 is 13.0. The van der Waals surface area contributed by atoms with Gasteiger partial charge in [0.2, 0.25) is 0 Å². The Bertz CT molecular complexity index is 2900. The van der Waals surface area contributed by atoms with Gasteiger partial charge in [0, 0.05) is 71.4 Å². The van der Waals surface area contributed by atoms with Gasteiger partial charge in [-0.25, -0.2) is 9.59 Å². The van der Waals surface area contributed by atoms with Crippen molar-refractivity contribution in [1.29, 1.82) is 0 Å². The lowest BCUT2D eigenvalue weighted by Gasteiger charge is -2.36. The third kappa shape index (κ3) is 8.72. The van der Waals surface area contributed by atoms with E-state index in [1.165, 1.54) is 23.3 Å². The summed E-state index contributed by atoms with van der Waals surface area (Å²) in [7, 11) is 3.00. The average molecular weight is 918 g/mol. The van der Waals surface area contributed by atoms with Crippen LogP contribution in [0.25, 0.3) is 44.6 Å². The molecule has 0 unspecified atom stereocenters. The number of methoxy groups -OCH3 is 1. The van der Waals surface area contributed by atoms with Crippen LogP contribution in [0.4, 0.5) is 9.59 Å². The minimum absolute atomic E-state index is 0.0245. The van der Waals surface area contributed by atoms with Crippen LogP contribution in [-0.4, -0.2) is 96.7 Å². The summed E-state index contributed by atoms with van der Waals surface area (Å²) in [6.45, 7) is 2.19. The Balaban J connectivity index is 1.23. The lowest BCUT2D eigenvalue weighted by molar-refractivity contribution is -0.111. The van der Waals surface area contributed by atoms with Crippen LogP contribution in [-0.2, 0) is 9.47 Å². The van der Waals surface area contributed by atoms with Gasteiger partial charge in [-0.05, 0) is 57.6 Å². The lowest BCUT2D eigenvalue weighted by Crippen LogP contribution is -2.44. The number of phenols is 1. The van der Waals surface area contributed by atoms with Gasteiger partial charge in [-0.3, -0.25) is 9.59 Å². The molecular formula is C46H42Cl2N2O14. The van der Waals surface area contributed by atoms with Crippen LogP contribution in [0, 0.1) is 0 Å². The fourth-order valence-corrected chi connectivity index (χ4v) is 8.85. The average Bonchev–Trinajstić information content (AvgIpc) is 3.24. The summed E-state index contributed by atoms with van der Waals surface area (Å²) in [4.78, 5) is 61.9. The SMILES string of the molecule is CCOC(=O)Oc1cc(O)c2c(=O)cc(-c3ccccc3Cl)oc2c1[C@H]1CCN(Oc2cc(OC(=O)OC)c([C@H]3CCN(C)C[C@H]3O)c3oc(-c4ccccc4Cl)cc(=O)c23)C[C@H]1O. The molecule has 8 rings (SSSR count). The number of carbonyl (C=O) groups excluding carboxylic acids is 2. The van der Waals surface area contributed by atoms with Crippen LogP contribution >= 0.6 is 23.2 Å². The normalized spacial score (nSPS) is 19.4. The van der Waals surface area contributed by atoms with Crippen LogP contribution < -0.4 is 25.2 Å². The molecule has 4 heterocycles. The Labute approximate surface area is 374 Å². The molecule has 2 fully saturated rings. The number of β-amino-alcohol motifs (C(OH)–C–C–N with tert-alkyl or cyclic N) is 2. The topological polar surface area (TPSA) is 208 Å². The summed E-state index contributed by atoms with van der Waals surface area (Å²) in [6.07, 6.45) is -4.02. The van der Waals surface area contributed by atoms with Crippen molar-refractivity contribution in [3.05, 3.63) is 114 Å². The van der Waals surface area contributed by atoms with Crippen molar-refractivity contribution in [3.8, 4) is 45.6 Å². The minimum atomic E-state index is -1.34. The van der Waals surface area contributed by atoms with E-state index in [1.54, 1.807) is 55.5 Å². The monoisotopic (exact) mass is 916 g/mol. The highest BCUT2D eigenvalue weighted by atomic mass is 35.5. The van der Waals surface area contributed by atoms with Gasteiger partial charge >= 0.3 is 12.3 Å². The number of nitrogens with zero attached hydrogens (tertiary/aromatic N) is 2. The smallest absolute Gasteiger partial charge is 0.507 e. The first-order valence-electron chi connectivity index (χ1n) is 20.3. The first-order valence-corrected chi connectivity index (χ1v) is 21.1. The van der Waals surface area contributed by atoms with Gasteiger partial charge < -0.3 is 52.8 Å². The molecule has 2 saturated heterocycles. The quantitative estimate of drug-likeness (QED) is 0.0932. The van der Waals surface area contributed by atoms with Crippen molar-refractivity contribution in [1.82, 2.24) is 9.96 Å². The van der Waals surface area contributed by atoms with E-state index in [0.717, 1.165) is 13.2 Å². The zero-order chi connectivity index (χ0) is 45.4. The number of halogens is 2. The molecule has 64 heavy (non-hydrogen) atoms. The van der Waals surface area contributed by atoms with E-state index in [-0.39, 0.29) is 99.5 Å². The summed E-state index contributed by atoms with van der Waals surface area (Å²) in [6, 6.07) is 18.3. The fraction of sp³-hybridized carbons (Fsp3) is 0.304. The maximum absolute atomic E-state index is 14.3. The standard InChI is InChI=1S/C46H42Cl2N2O14/c1-4-59-46(57)63-36-19-30(52)41-29(51)17-34(23-9-5-7-11-27(23)47)60-43(41)39(36)26-14-16-50(22-33(26)55)64-38-20-37(62-45(56)58-3)40(25-13-15-49(2)21-32(25)54)44-42(38)31(53)18-35(61-44)24-10-6-8-12-28(24)48/h5-12,17-20,25-26,32-33,52,54-55H,4,13-16,21-22H2,1-3H3/t25-,26-,32+,33+/m0/s1. The lowest BCUT2D eigenvalue weighted by atomic mass is 9.85. The van der Waals surface area contributed by atoms with Gasteiger partial charge in [-0.2, -0.15) is 0 Å². The van der Waals surface area contributed by atoms with Crippen LogP contribution in [0.2, 0.25) is 10.0 Å². The molecule has 0 amide bonds. The van der Waals surface area contributed by atoms with Crippen LogP contribution in [0.15, 0.2) is 91.2 Å². The molecular weight excluding hydrogens is 875 g/mol. The molecule has 2 aliphatic rings. The van der Waals surface area contributed by atoms with Gasteiger partial charge in [0.1, 0.15) is 50.7 Å². The number of hydrogen-bond acceptors (Lipinski definition) is 16. The zero-order valence-electron chi connectivity index (χ0n) is 34.7. The maximum atomic E-state index is 14.3. The van der Waals surface area contributed by atoms with Crippen LogP contribution in [0.5, 0.6) is 23.0 Å². The Kier molecular flexibility index (Phi) is 12.9. The second kappa shape index (κ2) is 18.5. The van der Waals surface area contributed by atoms with Crippen molar-refractivity contribution in [2.24, 2.45) is 0 Å².